The van der Waals surface area contributed by atoms with Gasteiger partial charge in [-0.25, -0.2) is 0 Å². The molecule has 0 saturated carbocycles. The first-order valence-electron chi connectivity index (χ1n) is 7.42. The Bertz CT molecular complexity index is 441. The monoisotopic (exact) mass is 292 g/mol. The first-order chi connectivity index (χ1) is 10.2. The molecule has 0 radical (unpaired) electrons. The van der Waals surface area contributed by atoms with Crippen LogP contribution in [0.4, 0.5) is 0 Å². The van der Waals surface area contributed by atoms with Crippen LogP contribution in [0.3, 0.4) is 0 Å². The van der Waals surface area contributed by atoms with Crippen molar-refractivity contribution in [2.24, 2.45) is 11.7 Å². The summed E-state index contributed by atoms with van der Waals surface area (Å²) >= 11 is 0. The van der Waals surface area contributed by atoms with E-state index in [0.29, 0.717) is 18.2 Å². The lowest BCUT2D eigenvalue weighted by atomic mass is 10.00. The van der Waals surface area contributed by atoms with Crippen LogP contribution in [0, 0.1) is 5.92 Å². The van der Waals surface area contributed by atoms with E-state index in [9.17, 15) is 4.79 Å². The number of nitrogens with two attached hydrogens (primary N) is 1. The van der Waals surface area contributed by atoms with Gasteiger partial charge >= 0.3 is 0 Å². The van der Waals surface area contributed by atoms with Gasteiger partial charge in [0.1, 0.15) is 5.75 Å². The molecule has 5 nitrogen and oxygen atoms in total. The Hall–Kier alpha value is -1.59. The van der Waals surface area contributed by atoms with E-state index in [1.165, 1.54) is 0 Å². The van der Waals surface area contributed by atoms with E-state index in [-0.39, 0.29) is 12.5 Å². The Morgan fingerprint density at radius 2 is 2.00 bits per heavy atom. The predicted molar refractivity (Wildman–Crippen MR) is 81.0 cm³/mol. The molecule has 21 heavy (non-hydrogen) atoms. The van der Waals surface area contributed by atoms with Crippen molar-refractivity contribution >= 4 is 5.91 Å². The number of amides is 1. The van der Waals surface area contributed by atoms with Crippen molar-refractivity contribution in [2.45, 2.75) is 19.4 Å². The first-order valence-corrected chi connectivity index (χ1v) is 7.42. The van der Waals surface area contributed by atoms with Gasteiger partial charge in [-0.1, -0.05) is 12.1 Å². The average Bonchev–Trinajstić information content (AvgIpc) is 2.54. The lowest BCUT2D eigenvalue weighted by Gasteiger charge is -2.27. The Kier molecular flexibility index (Phi) is 6.02. The lowest BCUT2D eigenvalue weighted by molar-refractivity contribution is -0.133. The van der Waals surface area contributed by atoms with E-state index in [0.717, 1.165) is 38.2 Å². The molecule has 1 aromatic carbocycles. The molecule has 0 unspecified atom stereocenters. The van der Waals surface area contributed by atoms with Crippen LogP contribution in [0.1, 0.15) is 18.4 Å². The standard InChI is InChI=1S/C16H24N2O3/c1-18(11-14-6-8-20-9-7-14)16(19)12-21-15-4-2-13(10-17)3-5-15/h2-5,14H,6-12,17H2,1H3. The van der Waals surface area contributed by atoms with Crippen molar-refractivity contribution in [2.75, 3.05) is 33.4 Å². The molecule has 0 spiro atoms. The van der Waals surface area contributed by atoms with Crippen molar-refractivity contribution in [3.05, 3.63) is 29.8 Å². The normalized spacial score (nSPS) is 15.7. The molecule has 0 aliphatic carbocycles. The third kappa shape index (κ3) is 5.02. The third-order valence-electron chi connectivity index (χ3n) is 3.82. The van der Waals surface area contributed by atoms with E-state index < -0.39 is 0 Å². The van der Waals surface area contributed by atoms with Crippen LogP contribution < -0.4 is 10.5 Å². The summed E-state index contributed by atoms with van der Waals surface area (Å²) in [6.45, 7) is 2.96. The number of benzene rings is 1. The van der Waals surface area contributed by atoms with Crippen LogP contribution in [0.5, 0.6) is 5.75 Å². The summed E-state index contributed by atoms with van der Waals surface area (Å²) in [4.78, 5) is 13.8. The zero-order chi connectivity index (χ0) is 15.1. The topological polar surface area (TPSA) is 64.8 Å². The van der Waals surface area contributed by atoms with Gasteiger partial charge in [0.2, 0.25) is 0 Å². The maximum atomic E-state index is 12.1. The second-order valence-corrected chi connectivity index (χ2v) is 5.47. The number of carbonyl (C=O) groups excluding carboxylic acids is 1. The molecule has 1 aliphatic heterocycles. The van der Waals surface area contributed by atoms with Gasteiger partial charge in [0, 0.05) is 33.4 Å². The van der Waals surface area contributed by atoms with Crippen LogP contribution in [0.15, 0.2) is 24.3 Å². The van der Waals surface area contributed by atoms with Gasteiger partial charge < -0.3 is 20.1 Å². The van der Waals surface area contributed by atoms with E-state index in [2.05, 4.69) is 0 Å². The summed E-state index contributed by atoms with van der Waals surface area (Å²) in [7, 11) is 1.83. The summed E-state index contributed by atoms with van der Waals surface area (Å²) in [5.74, 6) is 1.24. The molecule has 1 aliphatic rings. The summed E-state index contributed by atoms with van der Waals surface area (Å²) in [6.07, 6.45) is 2.05. The lowest BCUT2D eigenvalue weighted by Crippen LogP contribution is -2.36. The molecule has 2 rings (SSSR count). The average molecular weight is 292 g/mol. The van der Waals surface area contributed by atoms with Crippen molar-refractivity contribution in [1.29, 1.82) is 0 Å². The molecule has 1 fully saturated rings. The van der Waals surface area contributed by atoms with Crippen LogP contribution >= 0.6 is 0 Å². The fourth-order valence-electron chi connectivity index (χ4n) is 2.40. The SMILES string of the molecule is CN(CC1CCOCC1)C(=O)COc1ccc(CN)cc1. The van der Waals surface area contributed by atoms with E-state index >= 15 is 0 Å². The minimum Gasteiger partial charge on any atom is -0.484 e. The third-order valence-corrected chi connectivity index (χ3v) is 3.82. The second-order valence-electron chi connectivity index (χ2n) is 5.47. The molecule has 5 heteroatoms. The van der Waals surface area contributed by atoms with Crippen molar-refractivity contribution < 1.29 is 14.3 Å². The highest BCUT2D eigenvalue weighted by Gasteiger charge is 2.18. The summed E-state index contributed by atoms with van der Waals surface area (Å²) in [6, 6.07) is 7.50. The fraction of sp³-hybridized carbons (Fsp3) is 0.562. The minimum atomic E-state index is 0.00407. The molecule has 0 bridgehead atoms. The van der Waals surface area contributed by atoms with E-state index in [1.807, 2.05) is 31.3 Å². The number of carbonyl (C=O) groups is 1. The molecular weight excluding hydrogens is 268 g/mol. The largest absolute Gasteiger partial charge is 0.484 e. The zero-order valence-corrected chi connectivity index (χ0v) is 12.6. The first kappa shape index (κ1) is 15.8. The molecule has 116 valence electrons. The van der Waals surface area contributed by atoms with E-state index in [4.69, 9.17) is 15.2 Å². The molecule has 1 saturated heterocycles. The molecule has 0 atom stereocenters. The predicted octanol–water partition coefficient (Wildman–Crippen LogP) is 1.41. The van der Waals surface area contributed by atoms with E-state index in [1.54, 1.807) is 4.90 Å². The van der Waals surface area contributed by atoms with Crippen molar-refractivity contribution in [3.8, 4) is 5.75 Å². The quantitative estimate of drug-likeness (QED) is 0.861. The van der Waals surface area contributed by atoms with Gasteiger partial charge in [0.15, 0.2) is 6.61 Å². The van der Waals surface area contributed by atoms with Crippen molar-refractivity contribution in [3.63, 3.8) is 0 Å². The Morgan fingerprint density at radius 1 is 1.33 bits per heavy atom. The fourth-order valence-corrected chi connectivity index (χ4v) is 2.40. The molecule has 1 heterocycles. The summed E-state index contributed by atoms with van der Waals surface area (Å²) in [5, 5.41) is 0. The molecule has 1 amide bonds. The molecule has 2 N–H and O–H groups in total. The van der Waals surface area contributed by atoms with Crippen molar-refractivity contribution in [1.82, 2.24) is 4.90 Å². The highest BCUT2D eigenvalue weighted by molar-refractivity contribution is 5.77. The summed E-state index contributed by atoms with van der Waals surface area (Å²) < 4.78 is 10.8. The van der Waals surface area contributed by atoms with Gasteiger partial charge in [-0.05, 0) is 36.5 Å². The number of rotatable bonds is 6. The maximum absolute atomic E-state index is 12.1. The Morgan fingerprint density at radius 3 is 2.62 bits per heavy atom. The number of hydrogen-bond acceptors (Lipinski definition) is 4. The molecule has 1 aromatic rings. The molecular formula is C16H24N2O3. The molecule has 0 aromatic heterocycles. The van der Waals surface area contributed by atoms with Gasteiger partial charge in [-0.2, -0.15) is 0 Å². The number of ether oxygens (including phenoxy) is 2. The minimum absolute atomic E-state index is 0.00407. The number of hydrogen-bond donors (Lipinski definition) is 1. The summed E-state index contributed by atoms with van der Waals surface area (Å²) in [5.41, 5.74) is 6.59. The zero-order valence-electron chi connectivity index (χ0n) is 12.6. The van der Waals surface area contributed by atoms with Crippen LogP contribution in [0.25, 0.3) is 0 Å². The Balaban J connectivity index is 1.74. The van der Waals surface area contributed by atoms with Gasteiger partial charge in [0.05, 0.1) is 0 Å². The van der Waals surface area contributed by atoms with Crippen LogP contribution in [-0.2, 0) is 16.1 Å². The highest BCUT2D eigenvalue weighted by Crippen LogP contribution is 2.16. The van der Waals surface area contributed by atoms with Gasteiger partial charge in [-0.15, -0.1) is 0 Å². The second kappa shape index (κ2) is 8.00. The smallest absolute Gasteiger partial charge is 0.260 e. The highest BCUT2D eigenvalue weighted by atomic mass is 16.5. The van der Waals surface area contributed by atoms with Gasteiger partial charge in [0.25, 0.3) is 5.91 Å². The van der Waals surface area contributed by atoms with Crippen LogP contribution in [-0.4, -0.2) is 44.2 Å². The van der Waals surface area contributed by atoms with Gasteiger partial charge in [-0.3, -0.25) is 4.79 Å². The van der Waals surface area contributed by atoms with Crippen LogP contribution in [0.2, 0.25) is 0 Å². The maximum Gasteiger partial charge on any atom is 0.260 e. The number of nitrogens with zero attached hydrogens (tertiary/aromatic N) is 1. The Labute approximate surface area is 126 Å². The number of likely N-dealkylation sites (N-methyl/N-ethyl adjacent to an activating group) is 1.